The normalized spacial score (nSPS) is 11.5. The highest BCUT2D eigenvalue weighted by Gasteiger charge is 2.15. The molecule has 0 aliphatic rings. The van der Waals surface area contributed by atoms with Gasteiger partial charge < -0.3 is 9.15 Å². The Labute approximate surface area is 160 Å². The van der Waals surface area contributed by atoms with E-state index in [1.807, 2.05) is 38.2 Å². The minimum absolute atomic E-state index is 0.339. The molecule has 0 atom stereocenters. The molecule has 0 saturated carbocycles. The van der Waals surface area contributed by atoms with Crippen LogP contribution in [0.1, 0.15) is 16.9 Å². The van der Waals surface area contributed by atoms with Crippen LogP contribution >= 0.6 is 0 Å². The summed E-state index contributed by atoms with van der Waals surface area (Å²) < 4.78 is 15.1. The molecule has 0 unspecified atom stereocenters. The van der Waals surface area contributed by atoms with Crippen molar-refractivity contribution in [1.82, 2.24) is 29.4 Å². The summed E-state index contributed by atoms with van der Waals surface area (Å²) in [6.07, 6.45) is 3.37. The quantitative estimate of drug-likeness (QED) is 0.479. The number of fused-ring (bicyclic) bond motifs is 3. The fourth-order valence-corrected chi connectivity index (χ4v) is 3.23. The molecule has 0 bridgehead atoms. The highest BCUT2D eigenvalue weighted by atomic mass is 16.5. The van der Waals surface area contributed by atoms with Crippen LogP contribution in [-0.4, -0.2) is 29.4 Å². The number of aryl methyl sites for hydroxylation is 3. The van der Waals surface area contributed by atoms with Crippen LogP contribution in [0.3, 0.4) is 0 Å². The van der Waals surface area contributed by atoms with E-state index in [1.165, 1.54) is 5.56 Å². The lowest BCUT2D eigenvalue weighted by molar-refractivity contribution is 0.270. The Hall–Kier alpha value is -3.68. The summed E-state index contributed by atoms with van der Waals surface area (Å²) in [5, 5.41) is 9.54. The SMILES string of the molecule is Cc1ccc(OCc2ccc(-c3nc4c5cnn(C)c5ncn4n3)o2)c(C)c1. The van der Waals surface area contributed by atoms with E-state index in [0.29, 0.717) is 29.6 Å². The Balaban J connectivity index is 1.41. The summed E-state index contributed by atoms with van der Waals surface area (Å²) in [6.45, 7) is 4.43. The van der Waals surface area contributed by atoms with Gasteiger partial charge >= 0.3 is 0 Å². The molecule has 5 rings (SSSR count). The predicted molar refractivity (Wildman–Crippen MR) is 103 cm³/mol. The first kappa shape index (κ1) is 16.5. The summed E-state index contributed by atoms with van der Waals surface area (Å²) in [4.78, 5) is 8.97. The predicted octanol–water partition coefficient (Wildman–Crippen LogP) is 3.47. The first-order valence-corrected chi connectivity index (χ1v) is 8.91. The highest BCUT2D eigenvalue weighted by Crippen LogP contribution is 2.24. The summed E-state index contributed by atoms with van der Waals surface area (Å²) in [5.74, 6) is 2.63. The number of benzene rings is 1. The molecule has 0 aliphatic heterocycles. The maximum Gasteiger partial charge on any atom is 0.217 e. The second-order valence-electron chi connectivity index (χ2n) is 6.78. The molecule has 0 saturated heterocycles. The van der Waals surface area contributed by atoms with E-state index in [0.717, 1.165) is 22.3 Å². The molecule has 4 aromatic heterocycles. The maximum atomic E-state index is 5.90. The van der Waals surface area contributed by atoms with E-state index in [-0.39, 0.29) is 0 Å². The van der Waals surface area contributed by atoms with Gasteiger partial charge in [0, 0.05) is 7.05 Å². The molecule has 1 aromatic carbocycles. The van der Waals surface area contributed by atoms with Crippen molar-refractivity contribution in [2.75, 3.05) is 0 Å². The molecule has 4 heterocycles. The van der Waals surface area contributed by atoms with Gasteiger partial charge in [-0.1, -0.05) is 17.7 Å². The van der Waals surface area contributed by atoms with Gasteiger partial charge in [-0.15, -0.1) is 5.10 Å². The van der Waals surface area contributed by atoms with Crippen molar-refractivity contribution >= 4 is 16.7 Å². The van der Waals surface area contributed by atoms with Gasteiger partial charge in [-0.3, -0.25) is 4.68 Å². The number of hydrogen-bond donors (Lipinski definition) is 0. The standard InChI is InChI=1S/C20H18N6O2/c1-12-4-6-16(13(2)8-12)27-10-14-5-7-17(28-14)18-23-20-15-9-22-25(3)19(15)21-11-26(20)24-18/h4-9,11H,10H2,1-3H3. The van der Waals surface area contributed by atoms with E-state index in [9.17, 15) is 0 Å². The topological polar surface area (TPSA) is 83.3 Å². The fourth-order valence-electron chi connectivity index (χ4n) is 3.23. The average molecular weight is 374 g/mol. The van der Waals surface area contributed by atoms with Crippen molar-refractivity contribution in [1.29, 1.82) is 0 Å². The zero-order valence-corrected chi connectivity index (χ0v) is 15.7. The largest absolute Gasteiger partial charge is 0.485 e. The maximum absolute atomic E-state index is 5.90. The minimum Gasteiger partial charge on any atom is -0.485 e. The van der Waals surface area contributed by atoms with E-state index < -0.39 is 0 Å². The zero-order valence-electron chi connectivity index (χ0n) is 15.7. The highest BCUT2D eigenvalue weighted by molar-refractivity contribution is 5.88. The van der Waals surface area contributed by atoms with Crippen LogP contribution in [-0.2, 0) is 13.7 Å². The van der Waals surface area contributed by atoms with Crippen LogP contribution in [0.5, 0.6) is 5.75 Å². The Morgan fingerprint density at radius 2 is 2.00 bits per heavy atom. The van der Waals surface area contributed by atoms with Crippen molar-refractivity contribution in [2.24, 2.45) is 7.05 Å². The molecular weight excluding hydrogens is 356 g/mol. The summed E-state index contributed by atoms with van der Waals surface area (Å²) in [7, 11) is 1.84. The van der Waals surface area contributed by atoms with Crippen molar-refractivity contribution < 1.29 is 9.15 Å². The van der Waals surface area contributed by atoms with Crippen LogP contribution in [0.15, 0.2) is 47.3 Å². The molecule has 0 spiro atoms. The molecule has 0 fully saturated rings. The van der Waals surface area contributed by atoms with Crippen molar-refractivity contribution in [3.05, 3.63) is 59.7 Å². The first-order chi connectivity index (χ1) is 13.6. The number of nitrogens with zero attached hydrogens (tertiary/aromatic N) is 6. The van der Waals surface area contributed by atoms with Crippen LogP contribution in [0.25, 0.3) is 28.3 Å². The molecule has 140 valence electrons. The minimum atomic E-state index is 0.339. The molecule has 8 nitrogen and oxygen atoms in total. The van der Waals surface area contributed by atoms with Gasteiger partial charge in [0.1, 0.15) is 24.4 Å². The number of hydrogen-bond acceptors (Lipinski definition) is 6. The molecule has 0 radical (unpaired) electrons. The number of ether oxygens (including phenoxy) is 1. The lowest BCUT2D eigenvalue weighted by atomic mass is 10.1. The third-order valence-corrected chi connectivity index (χ3v) is 4.65. The number of furan rings is 1. The van der Waals surface area contributed by atoms with Gasteiger partial charge in [0.05, 0.1) is 11.6 Å². The van der Waals surface area contributed by atoms with E-state index in [2.05, 4.69) is 33.2 Å². The van der Waals surface area contributed by atoms with Gasteiger partial charge in [0.25, 0.3) is 0 Å². The second-order valence-corrected chi connectivity index (χ2v) is 6.78. The molecule has 0 amide bonds. The lowest BCUT2D eigenvalue weighted by Gasteiger charge is -2.08. The van der Waals surface area contributed by atoms with Crippen molar-refractivity contribution in [3.63, 3.8) is 0 Å². The second kappa shape index (κ2) is 6.19. The van der Waals surface area contributed by atoms with Gasteiger partial charge in [0.2, 0.25) is 5.82 Å². The Morgan fingerprint density at radius 3 is 2.86 bits per heavy atom. The molecule has 28 heavy (non-hydrogen) atoms. The number of rotatable bonds is 4. The molecular formula is C20H18N6O2. The lowest BCUT2D eigenvalue weighted by Crippen LogP contribution is -1.95. The van der Waals surface area contributed by atoms with E-state index in [4.69, 9.17) is 9.15 Å². The summed E-state index contributed by atoms with van der Waals surface area (Å²) in [6, 6.07) is 9.83. The van der Waals surface area contributed by atoms with Crippen molar-refractivity contribution in [2.45, 2.75) is 20.5 Å². The van der Waals surface area contributed by atoms with Gasteiger partial charge in [0.15, 0.2) is 17.1 Å². The Bertz CT molecular complexity index is 1310. The van der Waals surface area contributed by atoms with Gasteiger partial charge in [-0.05, 0) is 37.6 Å². The van der Waals surface area contributed by atoms with E-state index in [1.54, 1.807) is 21.7 Å². The summed E-state index contributed by atoms with van der Waals surface area (Å²) in [5.41, 5.74) is 3.76. The summed E-state index contributed by atoms with van der Waals surface area (Å²) >= 11 is 0. The number of aromatic nitrogens is 6. The molecule has 0 aliphatic carbocycles. The van der Waals surface area contributed by atoms with Gasteiger partial charge in [-0.25, -0.2) is 14.5 Å². The third kappa shape index (κ3) is 2.70. The average Bonchev–Trinajstić information content (AvgIpc) is 3.38. The Morgan fingerprint density at radius 1 is 1.11 bits per heavy atom. The van der Waals surface area contributed by atoms with E-state index >= 15 is 0 Å². The fraction of sp³-hybridized carbons (Fsp3) is 0.200. The molecule has 5 aromatic rings. The third-order valence-electron chi connectivity index (χ3n) is 4.65. The molecule has 0 N–H and O–H groups in total. The monoisotopic (exact) mass is 374 g/mol. The zero-order chi connectivity index (χ0) is 19.3. The van der Waals surface area contributed by atoms with Crippen molar-refractivity contribution in [3.8, 4) is 17.3 Å². The molecule has 8 heteroatoms. The van der Waals surface area contributed by atoms with Crippen LogP contribution < -0.4 is 4.74 Å². The smallest absolute Gasteiger partial charge is 0.217 e. The van der Waals surface area contributed by atoms with Crippen LogP contribution in [0, 0.1) is 13.8 Å². The van der Waals surface area contributed by atoms with Crippen LogP contribution in [0.4, 0.5) is 0 Å². The first-order valence-electron chi connectivity index (χ1n) is 8.91. The Kier molecular flexibility index (Phi) is 3.65. The van der Waals surface area contributed by atoms with Gasteiger partial charge in [-0.2, -0.15) is 5.10 Å². The van der Waals surface area contributed by atoms with Crippen LogP contribution in [0.2, 0.25) is 0 Å².